The molecule has 1 amide bonds. The lowest BCUT2D eigenvalue weighted by atomic mass is 9.97. The Morgan fingerprint density at radius 2 is 1.62 bits per heavy atom. The fraction of sp³-hybridized carbons (Fsp3) is 0.435. The molecule has 172 valence electrons. The van der Waals surface area contributed by atoms with Crippen molar-refractivity contribution in [2.75, 3.05) is 51.3 Å². The molecule has 0 aliphatic carbocycles. The number of anilines is 1. The normalized spacial score (nSPS) is 20.2. The molecule has 32 heavy (non-hydrogen) atoms. The summed E-state index contributed by atoms with van der Waals surface area (Å²) in [6.07, 6.45) is 1.39. The van der Waals surface area contributed by atoms with Crippen LogP contribution in [0.3, 0.4) is 0 Å². The van der Waals surface area contributed by atoms with Crippen LogP contribution in [0.25, 0.3) is 0 Å². The summed E-state index contributed by atoms with van der Waals surface area (Å²) in [5, 5.41) is 0.490. The zero-order valence-corrected chi connectivity index (χ0v) is 19.7. The highest BCUT2D eigenvalue weighted by molar-refractivity contribution is 7.89. The number of amides is 1. The SMILES string of the molecule is COc1ccc(N2CCN(C(=O)[C@H]3CCCN(S(=O)(=O)c4ccc(Cl)cc4)C3)CC2)cc1. The van der Waals surface area contributed by atoms with Crippen molar-refractivity contribution in [2.45, 2.75) is 17.7 Å². The maximum absolute atomic E-state index is 13.2. The van der Waals surface area contributed by atoms with Gasteiger partial charge in [0.15, 0.2) is 0 Å². The van der Waals surface area contributed by atoms with Crippen molar-refractivity contribution in [1.82, 2.24) is 9.21 Å². The van der Waals surface area contributed by atoms with E-state index in [0.29, 0.717) is 37.5 Å². The van der Waals surface area contributed by atoms with Crippen LogP contribution in [0, 0.1) is 5.92 Å². The first-order valence-corrected chi connectivity index (χ1v) is 12.6. The van der Waals surface area contributed by atoms with E-state index in [1.165, 1.54) is 16.4 Å². The van der Waals surface area contributed by atoms with E-state index in [4.69, 9.17) is 16.3 Å². The van der Waals surface area contributed by atoms with Gasteiger partial charge >= 0.3 is 0 Å². The van der Waals surface area contributed by atoms with Gasteiger partial charge in [0, 0.05) is 50.0 Å². The number of nitrogens with zero attached hydrogens (tertiary/aromatic N) is 3. The second-order valence-corrected chi connectivity index (χ2v) is 10.5. The van der Waals surface area contributed by atoms with Crippen LogP contribution < -0.4 is 9.64 Å². The van der Waals surface area contributed by atoms with Gasteiger partial charge in [-0.25, -0.2) is 8.42 Å². The van der Waals surface area contributed by atoms with Crippen LogP contribution in [-0.2, 0) is 14.8 Å². The van der Waals surface area contributed by atoms with E-state index in [0.717, 1.165) is 24.5 Å². The third-order valence-corrected chi connectivity index (χ3v) is 8.35. The topological polar surface area (TPSA) is 70.2 Å². The quantitative estimate of drug-likeness (QED) is 0.661. The van der Waals surface area contributed by atoms with Crippen molar-refractivity contribution in [3.63, 3.8) is 0 Å². The zero-order chi connectivity index (χ0) is 22.7. The second-order valence-electron chi connectivity index (χ2n) is 8.17. The van der Waals surface area contributed by atoms with Crippen LogP contribution in [0.5, 0.6) is 5.75 Å². The lowest BCUT2D eigenvalue weighted by Crippen LogP contribution is -2.53. The number of rotatable bonds is 5. The minimum absolute atomic E-state index is 0.0513. The van der Waals surface area contributed by atoms with Gasteiger partial charge in [-0.05, 0) is 61.4 Å². The number of piperazine rings is 1. The van der Waals surface area contributed by atoms with Crippen molar-refractivity contribution < 1.29 is 17.9 Å². The third kappa shape index (κ3) is 4.87. The van der Waals surface area contributed by atoms with E-state index in [-0.39, 0.29) is 23.3 Å². The van der Waals surface area contributed by atoms with E-state index in [1.807, 2.05) is 29.2 Å². The third-order valence-electron chi connectivity index (χ3n) is 6.21. The summed E-state index contributed by atoms with van der Waals surface area (Å²) in [6.45, 7) is 3.41. The highest BCUT2D eigenvalue weighted by Crippen LogP contribution is 2.27. The molecule has 9 heteroatoms. The van der Waals surface area contributed by atoms with Gasteiger partial charge in [0.05, 0.1) is 17.9 Å². The van der Waals surface area contributed by atoms with Crippen LogP contribution >= 0.6 is 11.6 Å². The Morgan fingerprint density at radius 3 is 2.25 bits per heavy atom. The summed E-state index contributed by atoms with van der Waals surface area (Å²) in [7, 11) is -2.00. The fourth-order valence-electron chi connectivity index (χ4n) is 4.35. The first-order chi connectivity index (χ1) is 15.4. The van der Waals surface area contributed by atoms with Crippen molar-refractivity contribution >= 4 is 33.2 Å². The predicted molar refractivity (Wildman–Crippen MR) is 125 cm³/mol. The van der Waals surface area contributed by atoms with Crippen molar-refractivity contribution in [1.29, 1.82) is 0 Å². The summed E-state index contributed by atoms with van der Waals surface area (Å²) in [6, 6.07) is 14.1. The van der Waals surface area contributed by atoms with Crippen LogP contribution in [0.15, 0.2) is 53.4 Å². The van der Waals surface area contributed by atoms with Gasteiger partial charge in [0.25, 0.3) is 0 Å². The largest absolute Gasteiger partial charge is 0.497 e. The molecule has 0 N–H and O–H groups in total. The van der Waals surface area contributed by atoms with Crippen LogP contribution in [-0.4, -0.2) is 69.9 Å². The van der Waals surface area contributed by atoms with Gasteiger partial charge in [0.2, 0.25) is 15.9 Å². The molecule has 4 rings (SSSR count). The number of hydrogen-bond acceptors (Lipinski definition) is 5. The molecule has 2 heterocycles. The molecule has 0 spiro atoms. The van der Waals surface area contributed by atoms with Gasteiger partial charge in [-0.3, -0.25) is 4.79 Å². The number of halogens is 1. The van der Waals surface area contributed by atoms with Crippen molar-refractivity contribution in [2.24, 2.45) is 5.92 Å². The summed E-state index contributed by atoms with van der Waals surface area (Å²) in [5.74, 6) is 0.562. The molecule has 0 radical (unpaired) electrons. The molecule has 2 aromatic rings. The summed E-state index contributed by atoms with van der Waals surface area (Å²) >= 11 is 5.89. The molecule has 0 aromatic heterocycles. The highest BCUT2D eigenvalue weighted by Gasteiger charge is 2.35. The molecule has 0 saturated carbocycles. The molecule has 2 fully saturated rings. The molecule has 2 aliphatic heterocycles. The number of methoxy groups -OCH3 is 1. The number of benzene rings is 2. The van der Waals surface area contributed by atoms with Crippen LogP contribution in [0.2, 0.25) is 5.02 Å². The van der Waals surface area contributed by atoms with Crippen LogP contribution in [0.1, 0.15) is 12.8 Å². The van der Waals surface area contributed by atoms with Gasteiger partial charge < -0.3 is 14.5 Å². The van der Waals surface area contributed by atoms with E-state index >= 15 is 0 Å². The molecule has 1 atom stereocenters. The van der Waals surface area contributed by atoms with E-state index in [1.54, 1.807) is 19.2 Å². The molecular formula is C23H28ClN3O4S. The van der Waals surface area contributed by atoms with E-state index < -0.39 is 10.0 Å². The Balaban J connectivity index is 1.36. The minimum Gasteiger partial charge on any atom is -0.497 e. The van der Waals surface area contributed by atoms with E-state index in [2.05, 4.69) is 4.90 Å². The molecule has 7 nitrogen and oxygen atoms in total. The van der Waals surface area contributed by atoms with E-state index in [9.17, 15) is 13.2 Å². The molecule has 2 aliphatic rings. The Hall–Kier alpha value is -2.29. The summed E-state index contributed by atoms with van der Waals surface area (Å²) in [5.41, 5.74) is 1.11. The van der Waals surface area contributed by atoms with Gasteiger partial charge in [-0.1, -0.05) is 11.6 Å². The smallest absolute Gasteiger partial charge is 0.243 e. The second kappa shape index (κ2) is 9.68. The van der Waals surface area contributed by atoms with Gasteiger partial charge in [0.1, 0.15) is 5.75 Å². The standard InChI is InChI=1S/C23H28ClN3O4S/c1-31-21-8-6-20(7-9-21)25-13-15-26(16-14-25)23(28)18-3-2-12-27(17-18)32(29,30)22-10-4-19(24)5-11-22/h4-11,18H,2-3,12-17H2,1H3/t18-/m0/s1. The van der Waals surface area contributed by atoms with Crippen molar-refractivity contribution in [3.8, 4) is 5.75 Å². The first-order valence-electron chi connectivity index (χ1n) is 10.8. The average Bonchev–Trinajstić information content (AvgIpc) is 2.84. The number of ether oxygens (including phenoxy) is 1. The zero-order valence-electron chi connectivity index (χ0n) is 18.1. The van der Waals surface area contributed by atoms with Gasteiger partial charge in [-0.15, -0.1) is 0 Å². The molecule has 2 saturated heterocycles. The van der Waals surface area contributed by atoms with Crippen molar-refractivity contribution in [3.05, 3.63) is 53.6 Å². The number of hydrogen-bond donors (Lipinski definition) is 0. The number of piperidine rings is 1. The lowest BCUT2D eigenvalue weighted by molar-refractivity contribution is -0.137. The Morgan fingerprint density at radius 1 is 0.969 bits per heavy atom. The minimum atomic E-state index is -3.64. The maximum atomic E-state index is 13.2. The molecule has 0 unspecified atom stereocenters. The summed E-state index contributed by atoms with van der Waals surface area (Å²) < 4.78 is 32.7. The Labute approximate surface area is 194 Å². The number of sulfonamides is 1. The maximum Gasteiger partial charge on any atom is 0.243 e. The average molecular weight is 478 g/mol. The number of carbonyl (C=O) groups is 1. The molecule has 0 bridgehead atoms. The molecule has 2 aromatic carbocycles. The molecular weight excluding hydrogens is 450 g/mol. The number of carbonyl (C=O) groups excluding carboxylic acids is 1. The van der Waals surface area contributed by atoms with Gasteiger partial charge in [-0.2, -0.15) is 4.31 Å². The highest BCUT2D eigenvalue weighted by atomic mass is 35.5. The predicted octanol–water partition coefficient (Wildman–Crippen LogP) is 3.10. The summed E-state index contributed by atoms with van der Waals surface area (Å²) in [4.78, 5) is 17.5. The first kappa shape index (κ1) is 22.9. The Bertz CT molecular complexity index is 1040. The monoisotopic (exact) mass is 477 g/mol. The van der Waals surface area contributed by atoms with Crippen LogP contribution in [0.4, 0.5) is 5.69 Å². The fourth-order valence-corrected chi connectivity index (χ4v) is 6.00. The Kier molecular flexibility index (Phi) is 6.93. The lowest BCUT2D eigenvalue weighted by Gasteiger charge is -2.39.